The summed E-state index contributed by atoms with van der Waals surface area (Å²) in [6, 6.07) is 0. The van der Waals surface area contributed by atoms with Crippen LogP contribution in [0.1, 0.15) is 9.99 Å². The maximum absolute atomic E-state index is 9.90. The average molecular weight is 506 g/mol. The molecule has 0 fully saturated rings. The van der Waals surface area contributed by atoms with Gasteiger partial charge in [0.25, 0.3) is 0 Å². The van der Waals surface area contributed by atoms with Gasteiger partial charge in [0, 0.05) is 0 Å². The second kappa shape index (κ2) is 31.7. The molecule has 24 heavy (non-hydrogen) atoms. The summed E-state index contributed by atoms with van der Waals surface area (Å²) in [5.74, 6) is 0. The van der Waals surface area contributed by atoms with Crippen LogP contribution in [0, 0.1) is 0 Å². The van der Waals surface area contributed by atoms with Crippen LogP contribution >= 0.6 is 37.2 Å². The van der Waals surface area contributed by atoms with Gasteiger partial charge in [0.2, 0.25) is 0 Å². The molecule has 0 bridgehead atoms. The number of rotatable bonds is 5. The number of carbonyl (C=O) groups excluding carboxylic acids is 1. The van der Waals surface area contributed by atoms with Crippen molar-refractivity contribution in [3.8, 4) is 0 Å². The van der Waals surface area contributed by atoms with Gasteiger partial charge in [0.15, 0.2) is 6.29 Å². The van der Waals surface area contributed by atoms with Crippen LogP contribution in [0.3, 0.4) is 0 Å². The molecule has 0 radical (unpaired) electrons. The van der Waals surface area contributed by atoms with Crippen LogP contribution in [0.25, 0.3) is 0 Å². The zero-order valence-corrected chi connectivity index (χ0v) is 23.0. The smallest absolute Gasteiger partial charge is 1.00 e. The molecule has 0 saturated carbocycles. The van der Waals surface area contributed by atoms with Crippen molar-refractivity contribution in [2.75, 3.05) is 6.61 Å². The molecule has 0 rings (SSSR count). The van der Waals surface area contributed by atoms with E-state index in [1.807, 2.05) is 0 Å². The van der Waals surface area contributed by atoms with Gasteiger partial charge in [0.05, 0.1) is 6.61 Å². The predicted octanol–water partition coefficient (Wildman–Crippen LogP) is -6.12. The Kier molecular flexibility index (Phi) is 74.7. The fraction of sp³-hybridized carbons (Fsp3) is 0.833. The van der Waals surface area contributed by atoms with Crippen molar-refractivity contribution in [2.45, 2.75) is 24.4 Å². The Morgan fingerprint density at radius 1 is 0.917 bits per heavy atom. The van der Waals surface area contributed by atoms with Gasteiger partial charge in [-0.3, -0.25) is 9.11 Å². The molecular formula is C6H24CaCl3Mg2NaO10S. The van der Waals surface area contributed by atoms with E-state index in [1.54, 1.807) is 0 Å². The van der Waals surface area contributed by atoms with Crippen LogP contribution in [0.15, 0.2) is 0 Å². The van der Waals surface area contributed by atoms with E-state index in [-0.39, 0.29) is 167 Å². The molecule has 18 heteroatoms. The molecule has 0 heterocycles. The Morgan fingerprint density at radius 2 is 1.17 bits per heavy atom. The summed E-state index contributed by atoms with van der Waals surface area (Å²) in [7, 11) is -4.67. The average Bonchev–Trinajstić information content (AvgIpc) is 2.22. The van der Waals surface area contributed by atoms with Crippen LogP contribution in [-0.4, -0.2) is 164 Å². The first-order valence-corrected chi connectivity index (χ1v) is 5.42. The molecule has 0 aliphatic rings. The molecule has 7 N–H and O–H groups in total. The largest absolute Gasteiger partial charge is 2.00 e. The minimum atomic E-state index is -4.67. The van der Waals surface area contributed by atoms with Crippen LogP contribution in [0.5, 0.6) is 0 Å². The van der Waals surface area contributed by atoms with E-state index in [9.17, 15) is 4.79 Å². The maximum atomic E-state index is 9.90. The van der Waals surface area contributed by atoms with Gasteiger partial charge in [-0.1, -0.05) is 0 Å². The molecule has 0 amide bonds. The van der Waals surface area contributed by atoms with Crippen LogP contribution in [0.4, 0.5) is 0 Å². The molecule has 10 nitrogen and oxygen atoms in total. The SMILES string of the molecule is Cl.Cl.Cl.O=CC(O)C(O)C(O)C(O)CO.O=S(=O)(O)O.[Ca+2].[H-].[H-].[H-].[H-].[H-].[H-].[H-].[Mg+2].[Mg+2].[Na+]. The summed E-state index contributed by atoms with van der Waals surface area (Å²) in [4.78, 5) is 9.90. The van der Waals surface area contributed by atoms with E-state index in [0.29, 0.717) is 0 Å². The van der Waals surface area contributed by atoms with Gasteiger partial charge in [0.1, 0.15) is 24.4 Å². The summed E-state index contributed by atoms with van der Waals surface area (Å²) < 4.78 is 31.6. The van der Waals surface area contributed by atoms with Gasteiger partial charge in [-0.2, -0.15) is 8.42 Å². The van der Waals surface area contributed by atoms with E-state index >= 15 is 0 Å². The van der Waals surface area contributed by atoms with Crippen molar-refractivity contribution in [3.63, 3.8) is 0 Å². The Bertz CT molecular complexity index is 350. The number of hydrogen-bond acceptors (Lipinski definition) is 8. The molecule has 0 aromatic rings. The quantitative estimate of drug-likeness (QED) is 0.107. The number of carbonyl (C=O) groups is 1. The minimum Gasteiger partial charge on any atom is -1.00 e. The standard InChI is InChI=1S/C6H12O6.Ca.3ClH.2Mg.Na.H2O4S.7H/c7-1-3(9)5(11)6(12)4(10)2-8;;;;;;;;1-5(2,3)4;;;;;;;/h1,3-6,8-12H,2H2;;3*1H;;;;(H2,1,2,3,4);;;;;;;/q;+2;;;;2*+2;+1;;7*-1. The maximum Gasteiger partial charge on any atom is 2.00 e. The summed E-state index contributed by atoms with van der Waals surface area (Å²) >= 11 is 0. The Balaban J connectivity index is -0.00000000785. The minimum absolute atomic E-state index is 0. The van der Waals surface area contributed by atoms with Crippen molar-refractivity contribution < 1.29 is 87.4 Å². The molecule has 4 unspecified atom stereocenters. The zero-order valence-electron chi connectivity index (χ0n) is 19.7. The third kappa shape index (κ3) is 40.6. The zero-order chi connectivity index (χ0) is 14.2. The fourth-order valence-corrected chi connectivity index (χ4v) is 0.618. The van der Waals surface area contributed by atoms with E-state index in [2.05, 4.69) is 0 Å². The number of aliphatic hydroxyl groups is 5. The van der Waals surface area contributed by atoms with Gasteiger partial charge >= 0.3 is 124 Å². The second-order valence-electron chi connectivity index (χ2n) is 2.81. The Labute approximate surface area is 252 Å². The van der Waals surface area contributed by atoms with Crippen LogP contribution in [0.2, 0.25) is 0 Å². The molecule has 0 aliphatic heterocycles. The Hall–Kier alpha value is 4.00. The van der Waals surface area contributed by atoms with Gasteiger partial charge in [-0.25, -0.2) is 0 Å². The second-order valence-corrected chi connectivity index (χ2v) is 3.70. The van der Waals surface area contributed by atoms with E-state index in [0.717, 1.165) is 0 Å². The number of halogens is 3. The first-order valence-electron chi connectivity index (χ1n) is 4.02. The third-order valence-corrected chi connectivity index (χ3v) is 1.42. The first kappa shape index (κ1) is 56.5. The van der Waals surface area contributed by atoms with Gasteiger partial charge < -0.3 is 40.3 Å². The molecule has 0 saturated heterocycles. The molecule has 0 aromatic carbocycles. The predicted molar refractivity (Wildman–Crippen MR) is 98.1 cm³/mol. The third-order valence-electron chi connectivity index (χ3n) is 1.42. The first-order chi connectivity index (χ1) is 7.54. The summed E-state index contributed by atoms with van der Waals surface area (Å²) in [5.41, 5.74) is 0. The van der Waals surface area contributed by atoms with Gasteiger partial charge in [-0.05, 0) is 0 Å². The van der Waals surface area contributed by atoms with Crippen LogP contribution in [-0.2, 0) is 15.2 Å². The fourth-order valence-electron chi connectivity index (χ4n) is 0.618. The topological polar surface area (TPSA) is 193 Å². The number of aliphatic hydroxyl groups excluding tert-OH is 5. The van der Waals surface area contributed by atoms with E-state index in [4.69, 9.17) is 43.1 Å². The monoisotopic (exact) mass is 504 g/mol. The number of hydrogen-bond donors (Lipinski definition) is 7. The normalized spacial score (nSPS) is 13.0. The molecule has 4 atom stereocenters. The van der Waals surface area contributed by atoms with Crippen molar-refractivity contribution in [1.29, 1.82) is 0 Å². The molecule has 0 aliphatic carbocycles. The van der Waals surface area contributed by atoms with Crippen molar-refractivity contribution in [3.05, 3.63) is 0 Å². The van der Waals surface area contributed by atoms with E-state index < -0.39 is 41.4 Å². The molecular weight excluding hydrogens is 482 g/mol. The summed E-state index contributed by atoms with van der Waals surface area (Å²) in [6.45, 7) is -0.760. The molecule has 0 aromatic heterocycles. The summed E-state index contributed by atoms with van der Waals surface area (Å²) in [6.07, 6.45) is -6.84. The number of aldehydes is 1. The van der Waals surface area contributed by atoms with Crippen molar-refractivity contribution >= 4 is 138 Å². The summed E-state index contributed by atoms with van der Waals surface area (Å²) in [5, 5.41) is 43.5. The molecule has 142 valence electrons. The van der Waals surface area contributed by atoms with Gasteiger partial charge in [-0.15, -0.1) is 37.2 Å². The van der Waals surface area contributed by atoms with Crippen LogP contribution < -0.4 is 29.6 Å². The Morgan fingerprint density at radius 3 is 1.33 bits per heavy atom. The van der Waals surface area contributed by atoms with Crippen molar-refractivity contribution in [1.82, 2.24) is 0 Å². The van der Waals surface area contributed by atoms with Crippen molar-refractivity contribution in [2.24, 2.45) is 0 Å². The molecule has 0 spiro atoms. The van der Waals surface area contributed by atoms with E-state index in [1.165, 1.54) is 0 Å².